The molecular weight excluding hydrogens is 218 g/mol. The van der Waals surface area contributed by atoms with Gasteiger partial charge >= 0.3 is 0 Å². The van der Waals surface area contributed by atoms with Crippen molar-refractivity contribution < 1.29 is 5.11 Å². The van der Waals surface area contributed by atoms with Crippen LogP contribution in [0.2, 0.25) is 0 Å². The minimum absolute atomic E-state index is 0.0234. The first-order valence-corrected chi connectivity index (χ1v) is 6.13. The molecule has 3 N–H and O–H groups in total. The van der Waals surface area contributed by atoms with Crippen LogP contribution in [0.4, 0.5) is 0 Å². The van der Waals surface area contributed by atoms with Gasteiger partial charge in [0.05, 0.1) is 5.56 Å². The summed E-state index contributed by atoms with van der Waals surface area (Å²) < 4.78 is 0. The lowest BCUT2D eigenvalue weighted by Crippen LogP contribution is -2.31. The van der Waals surface area contributed by atoms with Gasteiger partial charge in [-0.2, -0.15) is 4.98 Å². The smallest absolute Gasteiger partial charge is 0.258 e. The van der Waals surface area contributed by atoms with Crippen molar-refractivity contribution in [1.29, 1.82) is 0 Å². The lowest BCUT2D eigenvalue weighted by molar-refractivity contribution is 0.412. The molecule has 0 saturated carbocycles. The Morgan fingerprint density at radius 3 is 2.76 bits per heavy atom. The maximum atomic E-state index is 11.9. The van der Waals surface area contributed by atoms with Crippen LogP contribution in [-0.4, -0.2) is 28.2 Å². The van der Waals surface area contributed by atoms with Crippen LogP contribution >= 0.6 is 0 Å². The zero-order valence-corrected chi connectivity index (χ0v) is 10.3. The third-order valence-electron chi connectivity index (χ3n) is 3.21. The molecule has 5 heteroatoms. The molecular formula is C12H19N3O2. The van der Waals surface area contributed by atoms with E-state index in [1.165, 1.54) is 0 Å². The molecule has 0 amide bonds. The average molecular weight is 237 g/mol. The highest BCUT2D eigenvalue weighted by Crippen LogP contribution is 2.23. The zero-order valence-electron chi connectivity index (χ0n) is 10.3. The van der Waals surface area contributed by atoms with E-state index in [4.69, 9.17) is 0 Å². The Morgan fingerprint density at radius 1 is 1.47 bits per heavy atom. The van der Waals surface area contributed by atoms with Gasteiger partial charge in [-0.15, -0.1) is 0 Å². The van der Waals surface area contributed by atoms with E-state index in [0.29, 0.717) is 11.4 Å². The van der Waals surface area contributed by atoms with Gasteiger partial charge in [0, 0.05) is 12.5 Å². The minimum Gasteiger partial charge on any atom is -0.493 e. The number of aromatic hydroxyl groups is 1. The van der Waals surface area contributed by atoms with Crippen LogP contribution in [0.3, 0.4) is 0 Å². The first-order valence-electron chi connectivity index (χ1n) is 6.13. The molecule has 5 nitrogen and oxygen atoms in total. The summed E-state index contributed by atoms with van der Waals surface area (Å²) in [7, 11) is 0. The van der Waals surface area contributed by atoms with Crippen LogP contribution in [0.15, 0.2) is 4.79 Å². The van der Waals surface area contributed by atoms with Crippen molar-refractivity contribution >= 4 is 0 Å². The third kappa shape index (κ3) is 2.49. The van der Waals surface area contributed by atoms with Crippen LogP contribution in [-0.2, 0) is 0 Å². The Morgan fingerprint density at radius 2 is 2.24 bits per heavy atom. The monoisotopic (exact) mass is 237 g/mol. The normalized spacial score (nSPS) is 20.8. The Bertz CT molecular complexity index is 448. The molecule has 2 rings (SSSR count). The van der Waals surface area contributed by atoms with Crippen molar-refractivity contribution in [2.45, 2.75) is 38.5 Å². The predicted molar refractivity (Wildman–Crippen MR) is 65.5 cm³/mol. The van der Waals surface area contributed by atoms with E-state index in [1.807, 2.05) is 13.8 Å². The van der Waals surface area contributed by atoms with Crippen LogP contribution in [0.5, 0.6) is 5.88 Å². The number of hydrogen-bond acceptors (Lipinski definition) is 4. The second-order valence-corrected chi connectivity index (χ2v) is 4.89. The predicted octanol–water partition coefficient (Wildman–Crippen LogP) is 1.07. The molecule has 1 aliphatic rings. The third-order valence-corrected chi connectivity index (χ3v) is 3.21. The van der Waals surface area contributed by atoms with Gasteiger partial charge in [-0.1, -0.05) is 13.8 Å². The minimum atomic E-state index is -0.215. The first kappa shape index (κ1) is 12.1. The quantitative estimate of drug-likeness (QED) is 0.719. The van der Waals surface area contributed by atoms with Crippen LogP contribution < -0.4 is 10.9 Å². The Balaban J connectivity index is 2.34. The fraction of sp³-hybridized carbons (Fsp3) is 0.667. The maximum absolute atomic E-state index is 11.9. The zero-order chi connectivity index (χ0) is 12.4. The molecule has 94 valence electrons. The highest BCUT2D eigenvalue weighted by Gasteiger charge is 2.21. The number of H-pyrrole nitrogens is 1. The molecule has 1 aromatic rings. The number of aromatic nitrogens is 2. The molecule has 1 unspecified atom stereocenters. The van der Waals surface area contributed by atoms with E-state index in [1.54, 1.807) is 0 Å². The van der Waals surface area contributed by atoms with Crippen molar-refractivity contribution in [2.24, 2.45) is 0 Å². The number of hydrogen-bond donors (Lipinski definition) is 3. The van der Waals surface area contributed by atoms with Gasteiger partial charge in [0.15, 0.2) is 0 Å². The van der Waals surface area contributed by atoms with E-state index >= 15 is 0 Å². The number of nitrogens with zero attached hydrogens (tertiary/aromatic N) is 1. The van der Waals surface area contributed by atoms with Gasteiger partial charge in [0.25, 0.3) is 5.56 Å². The summed E-state index contributed by atoms with van der Waals surface area (Å²) in [4.78, 5) is 18.8. The van der Waals surface area contributed by atoms with Crippen molar-refractivity contribution in [1.82, 2.24) is 15.3 Å². The highest BCUT2D eigenvalue weighted by molar-refractivity contribution is 5.26. The molecule has 0 bridgehead atoms. The van der Waals surface area contributed by atoms with E-state index in [2.05, 4.69) is 15.3 Å². The fourth-order valence-corrected chi connectivity index (χ4v) is 2.29. The summed E-state index contributed by atoms with van der Waals surface area (Å²) >= 11 is 0. The van der Waals surface area contributed by atoms with Gasteiger partial charge in [-0.3, -0.25) is 4.79 Å². The van der Waals surface area contributed by atoms with Crippen LogP contribution in [0.1, 0.15) is 49.9 Å². The maximum Gasteiger partial charge on any atom is 0.258 e. The first-order chi connectivity index (χ1) is 8.09. The lowest BCUT2D eigenvalue weighted by Gasteiger charge is -2.22. The molecule has 1 aromatic heterocycles. The lowest BCUT2D eigenvalue weighted by atomic mass is 9.98. The van der Waals surface area contributed by atoms with Gasteiger partial charge in [-0.05, 0) is 25.3 Å². The van der Waals surface area contributed by atoms with E-state index in [9.17, 15) is 9.90 Å². The molecule has 1 aliphatic heterocycles. The van der Waals surface area contributed by atoms with Crippen LogP contribution in [0, 0.1) is 0 Å². The molecule has 17 heavy (non-hydrogen) atoms. The SMILES string of the molecule is CC(C)c1c(O)nc(C2CCCNC2)[nH]c1=O. The standard InChI is InChI=1S/C12H19N3O2/c1-7(2)9-11(16)14-10(15-12(9)17)8-4-3-5-13-6-8/h7-8,13H,3-6H2,1-2H3,(H2,14,15,16,17). The molecule has 1 fully saturated rings. The molecule has 1 atom stereocenters. The summed E-state index contributed by atoms with van der Waals surface area (Å²) in [5, 5.41) is 13.1. The second kappa shape index (κ2) is 4.87. The van der Waals surface area contributed by atoms with Crippen molar-refractivity contribution in [3.63, 3.8) is 0 Å². The molecule has 1 saturated heterocycles. The van der Waals surface area contributed by atoms with Gasteiger partial charge in [0.1, 0.15) is 5.82 Å². The van der Waals surface area contributed by atoms with Gasteiger partial charge in [0.2, 0.25) is 5.88 Å². The number of piperidine rings is 1. The fourth-order valence-electron chi connectivity index (χ4n) is 2.29. The Hall–Kier alpha value is -1.36. The Labute approximate surface area is 100 Å². The van der Waals surface area contributed by atoms with E-state index in [-0.39, 0.29) is 23.3 Å². The molecule has 0 spiro atoms. The summed E-state index contributed by atoms with van der Waals surface area (Å²) in [5.41, 5.74) is 0.158. The summed E-state index contributed by atoms with van der Waals surface area (Å²) in [6.45, 7) is 5.56. The van der Waals surface area contributed by atoms with Gasteiger partial charge in [-0.25, -0.2) is 0 Å². The summed E-state index contributed by atoms with van der Waals surface area (Å²) in [6.07, 6.45) is 2.07. The molecule has 2 heterocycles. The number of nitrogens with one attached hydrogen (secondary N) is 2. The highest BCUT2D eigenvalue weighted by atomic mass is 16.3. The summed E-state index contributed by atoms with van der Waals surface area (Å²) in [5.74, 6) is 0.654. The van der Waals surface area contributed by atoms with Crippen molar-refractivity contribution in [3.8, 4) is 5.88 Å². The van der Waals surface area contributed by atoms with Crippen LogP contribution in [0.25, 0.3) is 0 Å². The number of rotatable bonds is 2. The van der Waals surface area contributed by atoms with Gasteiger partial charge < -0.3 is 15.4 Å². The Kier molecular flexibility index (Phi) is 3.47. The molecule has 0 aromatic carbocycles. The van der Waals surface area contributed by atoms with E-state index < -0.39 is 0 Å². The van der Waals surface area contributed by atoms with E-state index in [0.717, 1.165) is 25.9 Å². The molecule has 0 radical (unpaired) electrons. The second-order valence-electron chi connectivity index (χ2n) is 4.89. The average Bonchev–Trinajstić information content (AvgIpc) is 2.28. The topological polar surface area (TPSA) is 78.0 Å². The summed E-state index contributed by atoms with van der Waals surface area (Å²) in [6, 6.07) is 0. The van der Waals surface area contributed by atoms with Crippen molar-refractivity contribution in [3.05, 3.63) is 21.7 Å². The van der Waals surface area contributed by atoms with Crippen molar-refractivity contribution in [2.75, 3.05) is 13.1 Å². The largest absolute Gasteiger partial charge is 0.493 e. The number of aromatic amines is 1. The molecule has 0 aliphatic carbocycles.